The molecule has 1 amide bonds. The molecule has 146 valence electrons. The molecular formula is C19H19F2N5OS. The first-order chi connectivity index (χ1) is 13.3. The monoisotopic (exact) mass is 403 g/mol. The van der Waals surface area contributed by atoms with Gasteiger partial charge < -0.3 is 5.32 Å². The van der Waals surface area contributed by atoms with Gasteiger partial charge in [-0.05, 0) is 53.1 Å². The fourth-order valence-corrected chi connectivity index (χ4v) is 3.26. The van der Waals surface area contributed by atoms with Gasteiger partial charge in [-0.1, -0.05) is 37.7 Å². The predicted molar refractivity (Wildman–Crippen MR) is 104 cm³/mol. The zero-order valence-corrected chi connectivity index (χ0v) is 16.4. The summed E-state index contributed by atoms with van der Waals surface area (Å²) in [7, 11) is 0. The molecule has 0 fully saturated rings. The largest absolute Gasteiger partial charge is 0.323 e. The van der Waals surface area contributed by atoms with Crippen molar-refractivity contribution < 1.29 is 13.6 Å². The molecule has 3 rings (SSSR count). The molecule has 1 aromatic heterocycles. The zero-order valence-electron chi connectivity index (χ0n) is 15.6. The Hall–Kier alpha value is -2.81. The first kappa shape index (κ1) is 19.9. The van der Waals surface area contributed by atoms with Crippen LogP contribution >= 0.6 is 11.8 Å². The third-order valence-corrected chi connectivity index (χ3v) is 5.12. The molecule has 28 heavy (non-hydrogen) atoms. The quantitative estimate of drug-likeness (QED) is 0.625. The number of rotatable bonds is 6. The molecule has 0 bridgehead atoms. The normalized spacial score (nSPS) is 12.2. The van der Waals surface area contributed by atoms with Crippen molar-refractivity contribution in [3.63, 3.8) is 0 Å². The molecule has 0 saturated carbocycles. The second kappa shape index (κ2) is 8.47. The lowest BCUT2D eigenvalue weighted by Crippen LogP contribution is -2.23. The first-order valence-corrected chi connectivity index (χ1v) is 9.54. The lowest BCUT2D eigenvalue weighted by molar-refractivity contribution is -0.115. The van der Waals surface area contributed by atoms with Crippen LogP contribution in [0.25, 0.3) is 5.69 Å². The molecule has 0 unspecified atom stereocenters. The molecule has 1 atom stereocenters. The van der Waals surface area contributed by atoms with Gasteiger partial charge in [0.15, 0.2) is 0 Å². The first-order valence-electron chi connectivity index (χ1n) is 8.66. The van der Waals surface area contributed by atoms with Gasteiger partial charge in [-0.2, -0.15) is 4.68 Å². The van der Waals surface area contributed by atoms with Gasteiger partial charge in [0.2, 0.25) is 11.1 Å². The number of carbonyl (C=O) groups is 1. The maximum atomic E-state index is 13.7. The topological polar surface area (TPSA) is 72.7 Å². The average Bonchev–Trinajstić information content (AvgIpc) is 3.12. The minimum Gasteiger partial charge on any atom is -0.323 e. The summed E-state index contributed by atoms with van der Waals surface area (Å²) in [6.45, 7) is 5.85. The Balaban J connectivity index is 1.72. The molecule has 1 heterocycles. The summed E-state index contributed by atoms with van der Waals surface area (Å²) in [5.41, 5.74) is 1.75. The van der Waals surface area contributed by atoms with Crippen molar-refractivity contribution in [3.8, 4) is 5.69 Å². The van der Waals surface area contributed by atoms with Crippen molar-refractivity contribution in [1.82, 2.24) is 20.2 Å². The smallest absolute Gasteiger partial charge is 0.237 e. The number of halogens is 2. The van der Waals surface area contributed by atoms with Gasteiger partial charge in [-0.3, -0.25) is 4.79 Å². The number of tetrazole rings is 1. The third kappa shape index (κ3) is 4.53. The van der Waals surface area contributed by atoms with E-state index in [4.69, 9.17) is 0 Å². The number of nitrogens with zero attached hydrogens (tertiary/aromatic N) is 4. The van der Waals surface area contributed by atoms with E-state index >= 15 is 0 Å². The lowest BCUT2D eigenvalue weighted by Gasteiger charge is -2.12. The molecule has 0 saturated heterocycles. The number of benzene rings is 2. The number of hydrogen-bond donors (Lipinski definition) is 1. The maximum Gasteiger partial charge on any atom is 0.237 e. The number of hydrogen-bond acceptors (Lipinski definition) is 5. The molecule has 0 aliphatic carbocycles. The standard InChI is InChI=1S/C19H19F2N5OS/c1-11(2)13-4-7-15(8-5-13)26-19(23-24-25-26)28-12(3)18(27)22-17-10-14(20)6-9-16(17)21/h4-12H,1-3H3,(H,22,27)/t12-/m0/s1. The van der Waals surface area contributed by atoms with Gasteiger partial charge in [0, 0.05) is 6.07 Å². The van der Waals surface area contributed by atoms with Gasteiger partial charge in [0.25, 0.3) is 0 Å². The molecule has 0 aliphatic heterocycles. The molecule has 0 radical (unpaired) electrons. The van der Waals surface area contributed by atoms with E-state index in [2.05, 4.69) is 34.7 Å². The molecule has 6 nitrogen and oxygen atoms in total. The molecule has 0 aliphatic rings. The number of carbonyl (C=O) groups excluding carboxylic acids is 1. The van der Waals surface area contributed by atoms with Crippen LogP contribution in [0.1, 0.15) is 32.3 Å². The number of aromatic nitrogens is 4. The number of thioether (sulfide) groups is 1. The minimum atomic E-state index is -0.706. The molecule has 9 heteroatoms. The van der Waals surface area contributed by atoms with Crippen LogP contribution in [0.2, 0.25) is 0 Å². The van der Waals surface area contributed by atoms with Crippen LogP contribution < -0.4 is 5.32 Å². The highest BCUT2D eigenvalue weighted by atomic mass is 32.2. The van der Waals surface area contributed by atoms with Crippen LogP contribution in [-0.4, -0.2) is 31.4 Å². The van der Waals surface area contributed by atoms with Crippen LogP contribution in [0.15, 0.2) is 47.6 Å². The summed E-state index contributed by atoms with van der Waals surface area (Å²) in [4.78, 5) is 12.4. The fraction of sp³-hybridized carbons (Fsp3) is 0.263. The highest BCUT2D eigenvalue weighted by Crippen LogP contribution is 2.25. The number of anilines is 1. The van der Waals surface area contributed by atoms with Crippen molar-refractivity contribution in [2.45, 2.75) is 37.1 Å². The average molecular weight is 403 g/mol. The molecule has 1 N–H and O–H groups in total. The third-order valence-electron chi connectivity index (χ3n) is 4.08. The van der Waals surface area contributed by atoms with Gasteiger partial charge in [-0.25, -0.2) is 8.78 Å². The summed E-state index contributed by atoms with van der Waals surface area (Å²) in [6.07, 6.45) is 0. The summed E-state index contributed by atoms with van der Waals surface area (Å²) in [5, 5.41) is 13.8. The molecule has 0 spiro atoms. The van der Waals surface area contributed by atoms with E-state index in [9.17, 15) is 13.6 Å². The van der Waals surface area contributed by atoms with Gasteiger partial charge in [0.05, 0.1) is 16.6 Å². The van der Waals surface area contributed by atoms with Gasteiger partial charge in [0.1, 0.15) is 11.6 Å². The number of amides is 1. The van der Waals surface area contributed by atoms with Crippen molar-refractivity contribution in [1.29, 1.82) is 0 Å². The highest BCUT2D eigenvalue weighted by Gasteiger charge is 2.20. The van der Waals surface area contributed by atoms with E-state index in [0.29, 0.717) is 11.1 Å². The van der Waals surface area contributed by atoms with Crippen LogP contribution in [0.3, 0.4) is 0 Å². The second-order valence-corrected chi connectivity index (χ2v) is 7.80. The van der Waals surface area contributed by atoms with E-state index in [0.717, 1.165) is 35.6 Å². The Morgan fingerprint density at radius 3 is 2.50 bits per heavy atom. The molecular weight excluding hydrogens is 384 g/mol. The second-order valence-electron chi connectivity index (χ2n) is 6.49. The summed E-state index contributed by atoms with van der Waals surface area (Å²) in [6, 6.07) is 10.7. The Kier molecular flexibility index (Phi) is 6.03. The number of nitrogens with one attached hydrogen (secondary N) is 1. The predicted octanol–water partition coefficient (Wildman–Crippen LogP) is 4.18. The van der Waals surface area contributed by atoms with Gasteiger partial charge in [-0.15, -0.1) is 5.10 Å². The lowest BCUT2D eigenvalue weighted by atomic mass is 10.0. The summed E-state index contributed by atoms with van der Waals surface area (Å²) in [5.74, 6) is -1.42. The van der Waals surface area contributed by atoms with E-state index < -0.39 is 22.8 Å². The highest BCUT2D eigenvalue weighted by molar-refractivity contribution is 8.00. The van der Waals surface area contributed by atoms with E-state index in [1.807, 2.05) is 24.3 Å². The van der Waals surface area contributed by atoms with Crippen LogP contribution in [0.5, 0.6) is 0 Å². The molecule has 3 aromatic rings. The van der Waals surface area contributed by atoms with Crippen LogP contribution in [0, 0.1) is 11.6 Å². The minimum absolute atomic E-state index is 0.207. The van der Waals surface area contributed by atoms with Crippen molar-refractivity contribution in [2.75, 3.05) is 5.32 Å². The van der Waals surface area contributed by atoms with Gasteiger partial charge >= 0.3 is 0 Å². The van der Waals surface area contributed by atoms with E-state index in [1.165, 1.54) is 10.2 Å². The Morgan fingerprint density at radius 1 is 1.11 bits per heavy atom. The van der Waals surface area contributed by atoms with Crippen molar-refractivity contribution >= 4 is 23.4 Å². The van der Waals surface area contributed by atoms with Crippen LogP contribution in [-0.2, 0) is 4.79 Å². The molecule has 2 aromatic carbocycles. The zero-order chi connectivity index (χ0) is 20.3. The van der Waals surface area contributed by atoms with Crippen molar-refractivity contribution in [2.24, 2.45) is 0 Å². The van der Waals surface area contributed by atoms with E-state index in [-0.39, 0.29) is 5.69 Å². The summed E-state index contributed by atoms with van der Waals surface area (Å²) >= 11 is 1.12. The van der Waals surface area contributed by atoms with E-state index in [1.54, 1.807) is 6.92 Å². The fourth-order valence-electron chi connectivity index (χ4n) is 2.45. The summed E-state index contributed by atoms with van der Waals surface area (Å²) < 4.78 is 28.5. The van der Waals surface area contributed by atoms with Crippen molar-refractivity contribution in [3.05, 3.63) is 59.7 Å². The maximum absolute atomic E-state index is 13.7. The Bertz CT molecular complexity index is 975. The Labute approximate surface area is 165 Å². The Morgan fingerprint density at radius 2 is 1.82 bits per heavy atom. The SMILES string of the molecule is CC(C)c1ccc(-n2nnnc2S[C@@H](C)C(=O)Nc2cc(F)ccc2F)cc1. The van der Waals surface area contributed by atoms with Crippen LogP contribution in [0.4, 0.5) is 14.5 Å².